The number of nitrogens with zero attached hydrogens (tertiary/aromatic N) is 3. The molecule has 0 aliphatic heterocycles. The van der Waals surface area contributed by atoms with Crippen molar-refractivity contribution in [2.75, 3.05) is 10.0 Å². The standard InChI is InChI=1S/C18H19N5O3S/c1-12-11-13(2)23(21-12)18-17(5-4-10-19-18)22-27(25,26)16-8-6-15(7-9-16)20-14(3)24/h4-11,22H,1-3H3,(H,20,24). The molecule has 27 heavy (non-hydrogen) atoms. The lowest BCUT2D eigenvalue weighted by Crippen LogP contribution is -2.16. The minimum atomic E-state index is -3.84. The van der Waals surface area contributed by atoms with Crippen LogP contribution in [0.15, 0.2) is 53.6 Å². The van der Waals surface area contributed by atoms with Gasteiger partial charge in [-0.1, -0.05) is 0 Å². The van der Waals surface area contributed by atoms with E-state index in [2.05, 4.69) is 20.1 Å². The van der Waals surface area contributed by atoms with E-state index in [0.717, 1.165) is 11.4 Å². The second-order valence-corrected chi connectivity index (χ2v) is 7.71. The molecular weight excluding hydrogens is 366 g/mol. The number of aryl methyl sites for hydroxylation is 2. The molecule has 8 nitrogen and oxygen atoms in total. The molecule has 0 radical (unpaired) electrons. The van der Waals surface area contributed by atoms with Crippen LogP contribution in [0.3, 0.4) is 0 Å². The molecule has 9 heteroatoms. The summed E-state index contributed by atoms with van der Waals surface area (Å²) < 4.78 is 29.7. The van der Waals surface area contributed by atoms with Crippen molar-refractivity contribution in [3.63, 3.8) is 0 Å². The zero-order valence-corrected chi connectivity index (χ0v) is 15.9. The SMILES string of the molecule is CC(=O)Nc1ccc(S(=O)(=O)Nc2cccnc2-n2nc(C)cc2C)cc1. The Labute approximate surface area is 157 Å². The summed E-state index contributed by atoms with van der Waals surface area (Å²) in [5, 5.41) is 6.96. The summed E-state index contributed by atoms with van der Waals surface area (Å²) in [5.41, 5.74) is 2.48. The van der Waals surface area contributed by atoms with E-state index < -0.39 is 10.0 Å². The Balaban J connectivity index is 1.93. The van der Waals surface area contributed by atoms with E-state index in [4.69, 9.17) is 0 Å². The predicted molar refractivity (Wildman–Crippen MR) is 102 cm³/mol. The molecule has 0 atom stereocenters. The molecule has 3 rings (SSSR count). The fraction of sp³-hybridized carbons (Fsp3) is 0.167. The highest BCUT2D eigenvalue weighted by Gasteiger charge is 2.18. The lowest BCUT2D eigenvalue weighted by molar-refractivity contribution is -0.114. The fourth-order valence-corrected chi connectivity index (χ4v) is 3.67. The van der Waals surface area contributed by atoms with E-state index in [-0.39, 0.29) is 10.8 Å². The molecule has 0 fully saturated rings. The summed E-state index contributed by atoms with van der Waals surface area (Å²) in [5.74, 6) is 0.162. The van der Waals surface area contributed by atoms with Crippen molar-refractivity contribution in [2.45, 2.75) is 25.7 Å². The van der Waals surface area contributed by atoms with Crippen molar-refractivity contribution in [1.82, 2.24) is 14.8 Å². The van der Waals surface area contributed by atoms with Gasteiger partial charge < -0.3 is 5.32 Å². The molecule has 140 valence electrons. The maximum atomic E-state index is 12.8. The number of benzene rings is 1. The molecular formula is C18H19N5O3S. The van der Waals surface area contributed by atoms with E-state index in [9.17, 15) is 13.2 Å². The predicted octanol–water partition coefficient (Wildman–Crippen LogP) is 2.64. The Morgan fingerprint density at radius 3 is 2.41 bits per heavy atom. The first-order valence-electron chi connectivity index (χ1n) is 8.15. The minimum Gasteiger partial charge on any atom is -0.326 e. The Morgan fingerprint density at radius 2 is 1.81 bits per heavy atom. The normalized spacial score (nSPS) is 11.2. The molecule has 0 unspecified atom stereocenters. The Kier molecular flexibility index (Phi) is 4.95. The van der Waals surface area contributed by atoms with Crippen LogP contribution >= 0.6 is 0 Å². The summed E-state index contributed by atoms with van der Waals surface area (Å²) in [6.45, 7) is 5.11. The summed E-state index contributed by atoms with van der Waals surface area (Å²) in [6, 6.07) is 11.1. The minimum absolute atomic E-state index is 0.0692. The lowest BCUT2D eigenvalue weighted by atomic mass is 10.3. The lowest BCUT2D eigenvalue weighted by Gasteiger charge is -2.13. The first kappa shape index (κ1) is 18.6. The zero-order chi connectivity index (χ0) is 19.6. The number of hydrogen-bond acceptors (Lipinski definition) is 5. The third kappa shape index (κ3) is 4.14. The first-order valence-corrected chi connectivity index (χ1v) is 9.64. The van der Waals surface area contributed by atoms with Crippen LogP contribution in [-0.4, -0.2) is 29.1 Å². The number of pyridine rings is 1. The maximum Gasteiger partial charge on any atom is 0.262 e. The topological polar surface area (TPSA) is 106 Å². The quantitative estimate of drug-likeness (QED) is 0.702. The largest absolute Gasteiger partial charge is 0.326 e. The Bertz CT molecular complexity index is 1090. The first-order chi connectivity index (χ1) is 12.8. The average Bonchev–Trinajstić information content (AvgIpc) is 2.93. The van der Waals surface area contributed by atoms with Crippen LogP contribution in [0.25, 0.3) is 5.82 Å². The van der Waals surface area contributed by atoms with Crippen molar-refractivity contribution >= 4 is 27.3 Å². The maximum absolute atomic E-state index is 12.8. The van der Waals surface area contributed by atoms with Gasteiger partial charge in [-0.05, 0) is 56.3 Å². The van der Waals surface area contributed by atoms with Crippen LogP contribution < -0.4 is 10.0 Å². The van der Waals surface area contributed by atoms with Gasteiger partial charge in [-0.2, -0.15) is 5.10 Å². The van der Waals surface area contributed by atoms with Gasteiger partial charge >= 0.3 is 0 Å². The van der Waals surface area contributed by atoms with Gasteiger partial charge in [0.2, 0.25) is 5.91 Å². The summed E-state index contributed by atoms with van der Waals surface area (Å²) in [6.07, 6.45) is 1.58. The molecule has 0 saturated carbocycles. The number of aromatic nitrogens is 3. The van der Waals surface area contributed by atoms with Gasteiger partial charge in [0.05, 0.1) is 16.3 Å². The number of amides is 1. The molecule has 0 spiro atoms. The number of hydrogen-bond donors (Lipinski definition) is 2. The summed E-state index contributed by atoms with van der Waals surface area (Å²) in [7, 11) is -3.84. The molecule has 3 aromatic rings. The second kappa shape index (κ2) is 7.20. The van der Waals surface area contributed by atoms with Crippen LogP contribution in [0.5, 0.6) is 0 Å². The van der Waals surface area contributed by atoms with E-state index in [1.807, 2.05) is 19.9 Å². The number of carbonyl (C=O) groups excluding carboxylic acids is 1. The molecule has 2 N–H and O–H groups in total. The van der Waals surface area contributed by atoms with Crippen LogP contribution in [-0.2, 0) is 14.8 Å². The van der Waals surface area contributed by atoms with E-state index >= 15 is 0 Å². The fourth-order valence-electron chi connectivity index (χ4n) is 2.61. The van der Waals surface area contributed by atoms with Crippen LogP contribution in [0.2, 0.25) is 0 Å². The van der Waals surface area contributed by atoms with Crippen LogP contribution in [0, 0.1) is 13.8 Å². The molecule has 0 aliphatic carbocycles. The molecule has 1 aromatic carbocycles. The van der Waals surface area contributed by atoms with Gasteiger partial charge in [-0.15, -0.1) is 0 Å². The molecule has 0 bridgehead atoms. The number of rotatable bonds is 5. The van der Waals surface area contributed by atoms with Crippen molar-refractivity contribution in [3.05, 3.63) is 60.0 Å². The van der Waals surface area contributed by atoms with Crippen molar-refractivity contribution < 1.29 is 13.2 Å². The Morgan fingerprint density at radius 1 is 1.11 bits per heavy atom. The molecule has 0 aliphatic rings. The van der Waals surface area contributed by atoms with Gasteiger partial charge in [0.1, 0.15) is 0 Å². The number of anilines is 2. The van der Waals surface area contributed by atoms with Gasteiger partial charge in [0.25, 0.3) is 10.0 Å². The molecule has 1 amide bonds. The third-order valence-electron chi connectivity index (χ3n) is 3.73. The van der Waals surface area contributed by atoms with Gasteiger partial charge in [-0.3, -0.25) is 9.52 Å². The van der Waals surface area contributed by atoms with Gasteiger partial charge in [-0.25, -0.2) is 18.1 Å². The van der Waals surface area contributed by atoms with Crippen LogP contribution in [0.4, 0.5) is 11.4 Å². The Hall–Kier alpha value is -3.20. The number of sulfonamides is 1. The van der Waals surface area contributed by atoms with Crippen molar-refractivity contribution in [2.24, 2.45) is 0 Å². The van der Waals surface area contributed by atoms with Crippen molar-refractivity contribution in [1.29, 1.82) is 0 Å². The highest BCUT2D eigenvalue weighted by Crippen LogP contribution is 2.23. The van der Waals surface area contributed by atoms with Crippen molar-refractivity contribution in [3.8, 4) is 5.82 Å². The van der Waals surface area contributed by atoms with E-state index in [1.54, 1.807) is 23.0 Å². The van der Waals surface area contributed by atoms with Crippen LogP contribution in [0.1, 0.15) is 18.3 Å². The average molecular weight is 385 g/mol. The summed E-state index contributed by atoms with van der Waals surface area (Å²) >= 11 is 0. The van der Waals surface area contributed by atoms with E-state index in [1.165, 1.54) is 31.2 Å². The second-order valence-electron chi connectivity index (χ2n) is 6.02. The summed E-state index contributed by atoms with van der Waals surface area (Å²) in [4.78, 5) is 15.4. The third-order valence-corrected chi connectivity index (χ3v) is 5.11. The molecule has 0 saturated heterocycles. The number of nitrogens with one attached hydrogen (secondary N) is 2. The number of carbonyl (C=O) groups is 1. The van der Waals surface area contributed by atoms with Gasteiger partial charge in [0.15, 0.2) is 5.82 Å². The smallest absolute Gasteiger partial charge is 0.262 e. The monoisotopic (exact) mass is 385 g/mol. The zero-order valence-electron chi connectivity index (χ0n) is 15.1. The van der Waals surface area contributed by atoms with E-state index in [0.29, 0.717) is 17.2 Å². The molecule has 2 heterocycles. The highest BCUT2D eigenvalue weighted by molar-refractivity contribution is 7.92. The highest BCUT2D eigenvalue weighted by atomic mass is 32.2. The molecule has 2 aromatic heterocycles. The van der Waals surface area contributed by atoms with Gasteiger partial charge in [0, 0.05) is 24.5 Å².